The van der Waals surface area contributed by atoms with Crippen molar-refractivity contribution >= 4 is 0 Å². The molecule has 0 aliphatic carbocycles. The first-order valence-corrected chi connectivity index (χ1v) is 5.65. The molecule has 0 radical (unpaired) electrons. The van der Waals surface area contributed by atoms with Gasteiger partial charge in [0.2, 0.25) is 0 Å². The molecule has 0 fully saturated rings. The largest absolute Gasteiger partial charge is 0.317 e. The smallest absolute Gasteiger partial charge is 0.129 e. The SMILES string of the molecule is CNC(CCc1ccc(F)cc1F)C(C)C. The van der Waals surface area contributed by atoms with Crippen molar-refractivity contribution in [2.45, 2.75) is 32.7 Å². The summed E-state index contributed by atoms with van der Waals surface area (Å²) in [5.74, 6) is -0.456. The predicted molar refractivity (Wildman–Crippen MR) is 62.4 cm³/mol. The number of hydrogen-bond donors (Lipinski definition) is 1. The molecule has 1 unspecified atom stereocenters. The van der Waals surface area contributed by atoms with Crippen LogP contribution in [0.15, 0.2) is 18.2 Å². The molecular weight excluding hydrogens is 208 g/mol. The molecule has 3 heteroatoms. The molecule has 0 heterocycles. The summed E-state index contributed by atoms with van der Waals surface area (Å²) in [7, 11) is 1.91. The minimum absolute atomic E-state index is 0.365. The molecule has 1 aromatic rings. The Bertz CT molecular complexity index is 337. The van der Waals surface area contributed by atoms with Crippen LogP contribution in [0.3, 0.4) is 0 Å². The van der Waals surface area contributed by atoms with E-state index in [0.29, 0.717) is 23.9 Å². The first kappa shape index (κ1) is 13.1. The fourth-order valence-electron chi connectivity index (χ4n) is 1.85. The van der Waals surface area contributed by atoms with Gasteiger partial charge in [-0.3, -0.25) is 0 Å². The van der Waals surface area contributed by atoms with Crippen LogP contribution in [0.2, 0.25) is 0 Å². The Morgan fingerprint density at radius 2 is 1.94 bits per heavy atom. The maximum atomic E-state index is 13.3. The summed E-state index contributed by atoms with van der Waals surface area (Å²) in [6, 6.07) is 4.14. The Kier molecular flexibility index (Phi) is 4.87. The van der Waals surface area contributed by atoms with Gasteiger partial charge in [0.25, 0.3) is 0 Å². The van der Waals surface area contributed by atoms with Crippen LogP contribution in [0.1, 0.15) is 25.8 Å². The average molecular weight is 227 g/mol. The molecule has 0 aliphatic heterocycles. The van der Waals surface area contributed by atoms with E-state index in [4.69, 9.17) is 0 Å². The number of benzene rings is 1. The first-order valence-electron chi connectivity index (χ1n) is 5.65. The van der Waals surface area contributed by atoms with Crippen molar-refractivity contribution in [3.8, 4) is 0 Å². The molecule has 1 aromatic carbocycles. The van der Waals surface area contributed by atoms with E-state index in [0.717, 1.165) is 12.5 Å². The van der Waals surface area contributed by atoms with Gasteiger partial charge < -0.3 is 5.32 Å². The minimum Gasteiger partial charge on any atom is -0.317 e. The molecule has 0 spiro atoms. The zero-order chi connectivity index (χ0) is 12.1. The average Bonchev–Trinajstić information content (AvgIpc) is 2.21. The molecular formula is C13H19F2N. The molecule has 90 valence electrons. The Morgan fingerprint density at radius 1 is 1.25 bits per heavy atom. The molecule has 0 saturated heterocycles. The van der Waals surface area contributed by atoms with Gasteiger partial charge in [0.15, 0.2) is 0 Å². The number of hydrogen-bond acceptors (Lipinski definition) is 1. The second kappa shape index (κ2) is 5.94. The lowest BCUT2D eigenvalue weighted by Gasteiger charge is -2.20. The van der Waals surface area contributed by atoms with Gasteiger partial charge in [-0.25, -0.2) is 8.78 Å². The molecule has 1 rings (SSSR count). The number of nitrogens with one attached hydrogen (secondary N) is 1. The van der Waals surface area contributed by atoms with Crippen LogP contribution in [0.5, 0.6) is 0 Å². The molecule has 0 saturated carbocycles. The normalized spacial score (nSPS) is 13.1. The van der Waals surface area contributed by atoms with Gasteiger partial charge in [-0.1, -0.05) is 19.9 Å². The fraction of sp³-hybridized carbons (Fsp3) is 0.538. The van der Waals surface area contributed by atoms with Gasteiger partial charge in [0, 0.05) is 12.1 Å². The number of aryl methyl sites for hydroxylation is 1. The summed E-state index contributed by atoms with van der Waals surface area (Å²) in [5.41, 5.74) is 0.585. The van der Waals surface area contributed by atoms with E-state index in [1.54, 1.807) is 0 Å². The Hall–Kier alpha value is -0.960. The van der Waals surface area contributed by atoms with Gasteiger partial charge in [0.1, 0.15) is 11.6 Å². The van der Waals surface area contributed by atoms with E-state index in [9.17, 15) is 8.78 Å². The Morgan fingerprint density at radius 3 is 2.44 bits per heavy atom. The van der Waals surface area contributed by atoms with Crippen LogP contribution in [0.4, 0.5) is 8.78 Å². The zero-order valence-corrected chi connectivity index (χ0v) is 10.1. The lowest BCUT2D eigenvalue weighted by Crippen LogP contribution is -2.31. The summed E-state index contributed by atoms with van der Waals surface area (Å²) < 4.78 is 26.0. The van der Waals surface area contributed by atoms with Gasteiger partial charge in [-0.15, -0.1) is 0 Å². The lowest BCUT2D eigenvalue weighted by atomic mass is 9.96. The van der Waals surface area contributed by atoms with E-state index in [1.165, 1.54) is 12.1 Å². The van der Waals surface area contributed by atoms with Crippen LogP contribution in [-0.2, 0) is 6.42 Å². The molecule has 1 N–H and O–H groups in total. The lowest BCUT2D eigenvalue weighted by molar-refractivity contribution is 0.400. The molecule has 0 amide bonds. The summed E-state index contributed by atoms with van der Waals surface area (Å²) in [6.07, 6.45) is 1.49. The summed E-state index contributed by atoms with van der Waals surface area (Å²) in [5, 5.41) is 3.21. The van der Waals surface area contributed by atoms with Gasteiger partial charge in [0.05, 0.1) is 0 Å². The summed E-state index contributed by atoms with van der Waals surface area (Å²) in [4.78, 5) is 0. The van der Waals surface area contributed by atoms with E-state index in [1.807, 2.05) is 7.05 Å². The first-order chi connectivity index (χ1) is 7.54. The second-order valence-electron chi connectivity index (χ2n) is 4.41. The molecule has 1 nitrogen and oxygen atoms in total. The van der Waals surface area contributed by atoms with Crippen LogP contribution in [0, 0.1) is 17.6 Å². The third-order valence-electron chi connectivity index (χ3n) is 2.92. The number of rotatable bonds is 5. The Balaban J connectivity index is 2.60. The van der Waals surface area contributed by atoms with Crippen LogP contribution in [0.25, 0.3) is 0 Å². The standard InChI is InChI=1S/C13H19F2N/c1-9(2)13(16-3)7-5-10-4-6-11(14)8-12(10)15/h4,6,8-9,13,16H,5,7H2,1-3H3. The quantitative estimate of drug-likeness (QED) is 0.814. The molecule has 16 heavy (non-hydrogen) atoms. The Labute approximate surface area is 95.9 Å². The monoisotopic (exact) mass is 227 g/mol. The van der Waals surface area contributed by atoms with Gasteiger partial charge >= 0.3 is 0 Å². The maximum Gasteiger partial charge on any atom is 0.129 e. The van der Waals surface area contributed by atoms with E-state index >= 15 is 0 Å². The second-order valence-corrected chi connectivity index (χ2v) is 4.41. The molecule has 0 aliphatic rings. The molecule has 0 bridgehead atoms. The third kappa shape index (κ3) is 3.56. The van der Waals surface area contributed by atoms with Crippen molar-refractivity contribution in [3.63, 3.8) is 0 Å². The minimum atomic E-state index is -0.518. The van der Waals surface area contributed by atoms with Crippen molar-refractivity contribution in [3.05, 3.63) is 35.4 Å². The van der Waals surface area contributed by atoms with Crippen molar-refractivity contribution < 1.29 is 8.78 Å². The predicted octanol–water partition coefficient (Wildman–Crippen LogP) is 3.14. The zero-order valence-electron chi connectivity index (χ0n) is 10.1. The van der Waals surface area contributed by atoms with Crippen molar-refractivity contribution in [1.82, 2.24) is 5.32 Å². The van der Waals surface area contributed by atoms with Crippen LogP contribution in [-0.4, -0.2) is 13.1 Å². The molecule has 0 aromatic heterocycles. The topological polar surface area (TPSA) is 12.0 Å². The maximum absolute atomic E-state index is 13.3. The van der Waals surface area contributed by atoms with Crippen molar-refractivity contribution in [2.24, 2.45) is 5.92 Å². The fourth-order valence-corrected chi connectivity index (χ4v) is 1.85. The van der Waals surface area contributed by atoms with E-state index in [-0.39, 0.29) is 0 Å². The highest BCUT2D eigenvalue weighted by molar-refractivity contribution is 5.18. The highest BCUT2D eigenvalue weighted by Crippen LogP contribution is 2.14. The summed E-state index contributed by atoms with van der Waals surface area (Å²) >= 11 is 0. The van der Waals surface area contributed by atoms with E-state index in [2.05, 4.69) is 19.2 Å². The number of halogens is 2. The molecule has 1 atom stereocenters. The van der Waals surface area contributed by atoms with Crippen molar-refractivity contribution in [2.75, 3.05) is 7.05 Å². The van der Waals surface area contributed by atoms with Gasteiger partial charge in [-0.2, -0.15) is 0 Å². The summed E-state index contributed by atoms with van der Waals surface area (Å²) in [6.45, 7) is 4.25. The van der Waals surface area contributed by atoms with Crippen molar-refractivity contribution in [1.29, 1.82) is 0 Å². The van der Waals surface area contributed by atoms with Crippen LogP contribution < -0.4 is 5.32 Å². The highest BCUT2D eigenvalue weighted by atomic mass is 19.1. The van der Waals surface area contributed by atoms with Crippen LogP contribution >= 0.6 is 0 Å². The highest BCUT2D eigenvalue weighted by Gasteiger charge is 2.12. The van der Waals surface area contributed by atoms with E-state index < -0.39 is 11.6 Å². The third-order valence-corrected chi connectivity index (χ3v) is 2.92. The van der Waals surface area contributed by atoms with Gasteiger partial charge in [-0.05, 0) is 37.4 Å².